The van der Waals surface area contributed by atoms with Crippen LogP contribution in [0.1, 0.15) is 5.56 Å². The summed E-state index contributed by atoms with van der Waals surface area (Å²) in [5, 5.41) is 8.98. The summed E-state index contributed by atoms with van der Waals surface area (Å²) in [7, 11) is 0. The van der Waals surface area contributed by atoms with Crippen molar-refractivity contribution in [2.24, 2.45) is 0 Å². The van der Waals surface area contributed by atoms with Crippen LogP contribution in [0.5, 0.6) is 11.5 Å². The van der Waals surface area contributed by atoms with Gasteiger partial charge in [-0.25, -0.2) is 4.79 Å². The highest BCUT2D eigenvalue weighted by molar-refractivity contribution is 5.65. The van der Waals surface area contributed by atoms with Crippen LogP contribution in [0.15, 0.2) is 54.6 Å². The molecule has 3 rings (SSSR count). The van der Waals surface area contributed by atoms with Gasteiger partial charge in [0.05, 0.1) is 0 Å². The van der Waals surface area contributed by atoms with Crippen molar-refractivity contribution in [3.8, 4) is 11.5 Å². The number of piperazine rings is 1. The van der Waals surface area contributed by atoms with E-state index in [0.29, 0.717) is 13.1 Å². The summed E-state index contributed by atoms with van der Waals surface area (Å²) in [5.74, 6) is 1.64. The molecule has 0 atom stereocenters. The average molecular weight is 312 g/mol. The van der Waals surface area contributed by atoms with Gasteiger partial charge < -0.3 is 14.7 Å². The van der Waals surface area contributed by atoms with Gasteiger partial charge in [0.15, 0.2) is 0 Å². The molecule has 1 fully saturated rings. The molecule has 0 aromatic heterocycles. The van der Waals surface area contributed by atoms with Crippen LogP contribution >= 0.6 is 0 Å². The van der Waals surface area contributed by atoms with Gasteiger partial charge in [-0.3, -0.25) is 4.90 Å². The van der Waals surface area contributed by atoms with Crippen LogP contribution in [-0.2, 0) is 6.54 Å². The van der Waals surface area contributed by atoms with E-state index in [0.717, 1.165) is 31.1 Å². The molecule has 1 aliphatic heterocycles. The molecular weight excluding hydrogens is 292 g/mol. The van der Waals surface area contributed by atoms with Crippen molar-refractivity contribution in [1.29, 1.82) is 0 Å². The molecule has 0 saturated carbocycles. The van der Waals surface area contributed by atoms with E-state index in [1.807, 2.05) is 48.5 Å². The molecule has 0 bridgehead atoms. The number of carboxylic acid groups (broad SMARTS) is 1. The summed E-state index contributed by atoms with van der Waals surface area (Å²) in [6.45, 7) is 3.46. The predicted octanol–water partition coefficient (Wildman–Crippen LogP) is 3.27. The van der Waals surface area contributed by atoms with Gasteiger partial charge >= 0.3 is 6.09 Å². The van der Waals surface area contributed by atoms with Crippen molar-refractivity contribution in [3.05, 3.63) is 60.2 Å². The summed E-state index contributed by atoms with van der Waals surface area (Å²) in [5.41, 5.74) is 1.17. The fourth-order valence-corrected chi connectivity index (χ4v) is 2.69. The zero-order valence-corrected chi connectivity index (χ0v) is 12.9. The standard InChI is InChI=1S/C18H20N2O3/c21-18(22)20-11-9-19(10-12-20)14-15-5-4-8-17(13-15)23-16-6-2-1-3-7-16/h1-8,13H,9-12,14H2,(H,21,22). The number of amides is 1. The van der Waals surface area contributed by atoms with Gasteiger partial charge in [-0.15, -0.1) is 0 Å². The van der Waals surface area contributed by atoms with Crippen LogP contribution < -0.4 is 4.74 Å². The maximum absolute atomic E-state index is 10.9. The summed E-state index contributed by atoms with van der Waals surface area (Å²) in [6.07, 6.45) is -0.831. The Bertz CT molecular complexity index is 652. The third-order valence-corrected chi connectivity index (χ3v) is 3.93. The Labute approximate surface area is 135 Å². The normalized spacial score (nSPS) is 15.4. The molecule has 0 aliphatic carbocycles. The molecule has 2 aromatic carbocycles. The molecular formula is C18H20N2O3. The monoisotopic (exact) mass is 312 g/mol. The Morgan fingerprint density at radius 3 is 2.35 bits per heavy atom. The highest BCUT2D eigenvalue weighted by Crippen LogP contribution is 2.22. The molecule has 1 heterocycles. The minimum Gasteiger partial charge on any atom is -0.465 e. The molecule has 23 heavy (non-hydrogen) atoms. The number of hydrogen-bond acceptors (Lipinski definition) is 3. The van der Waals surface area contributed by atoms with Crippen LogP contribution in [0.4, 0.5) is 4.79 Å². The topological polar surface area (TPSA) is 53.0 Å². The summed E-state index contributed by atoms with van der Waals surface area (Å²) in [6, 6.07) is 17.7. The second-order valence-corrected chi connectivity index (χ2v) is 5.61. The molecule has 0 unspecified atom stereocenters. The van der Waals surface area contributed by atoms with E-state index in [1.165, 1.54) is 10.5 Å². The number of nitrogens with zero attached hydrogens (tertiary/aromatic N) is 2. The van der Waals surface area contributed by atoms with Crippen molar-refractivity contribution in [2.45, 2.75) is 6.54 Å². The minimum absolute atomic E-state index is 0.565. The smallest absolute Gasteiger partial charge is 0.407 e. The molecule has 1 aliphatic rings. The molecule has 1 N–H and O–H groups in total. The van der Waals surface area contributed by atoms with Crippen LogP contribution in [0.2, 0.25) is 0 Å². The van der Waals surface area contributed by atoms with Crippen LogP contribution in [0.25, 0.3) is 0 Å². The predicted molar refractivity (Wildman–Crippen MR) is 87.8 cm³/mol. The molecule has 120 valence electrons. The lowest BCUT2D eigenvalue weighted by molar-refractivity contribution is 0.103. The zero-order chi connectivity index (χ0) is 16.1. The number of para-hydroxylation sites is 1. The Kier molecular flexibility index (Phi) is 4.78. The Hall–Kier alpha value is -2.53. The van der Waals surface area contributed by atoms with Gasteiger partial charge in [0.25, 0.3) is 0 Å². The first-order valence-electron chi connectivity index (χ1n) is 7.73. The summed E-state index contributed by atoms with van der Waals surface area (Å²) >= 11 is 0. The maximum atomic E-state index is 10.9. The van der Waals surface area contributed by atoms with Crippen molar-refractivity contribution >= 4 is 6.09 Å². The second-order valence-electron chi connectivity index (χ2n) is 5.61. The van der Waals surface area contributed by atoms with E-state index >= 15 is 0 Å². The van der Waals surface area contributed by atoms with Gasteiger partial charge in [-0.05, 0) is 29.8 Å². The quantitative estimate of drug-likeness (QED) is 0.941. The molecule has 5 heteroatoms. The van der Waals surface area contributed by atoms with Crippen molar-refractivity contribution in [3.63, 3.8) is 0 Å². The van der Waals surface area contributed by atoms with Gasteiger partial charge in [-0.2, -0.15) is 0 Å². The molecule has 5 nitrogen and oxygen atoms in total. The first-order valence-corrected chi connectivity index (χ1v) is 7.73. The van der Waals surface area contributed by atoms with Gasteiger partial charge in [0.2, 0.25) is 0 Å². The van der Waals surface area contributed by atoms with Gasteiger partial charge in [0.1, 0.15) is 11.5 Å². The first kappa shape index (κ1) is 15.4. The van der Waals surface area contributed by atoms with Crippen molar-refractivity contribution in [2.75, 3.05) is 26.2 Å². The van der Waals surface area contributed by atoms with Crippen LogP contribution in [-0.4, -0.2) is 47.2 Å². The fourth-order valence-electron chi connectivity index (χ4n) is 2.69. The lowest BCUT2D eigenvalue weighted by Gasteiger charge is -2.33. The van der Waals surface area contributed by atoms with Crippen LogP contribution in [0.3, 0.4) is 0 Å². The molecule has 0 radical (unpaired) electrons. The largest absolute Gasteiger partial charge is 0.465 e. The zero-order valence-electron chi connectivity index (χ0n) is 12.9. The average Bonchev–Trinajstić information content (AvgIpc) is 2.57. The van der Waals surface area contributed by atoms with E-state index in [-0.39, 0.29) is 0 Å². The highest BCUT2D eigenvalue weighted by Gasteiger charge is 2.20. The van der Waals surface area contributed by atoms with E-state index in [2.05, 4.69) is 11.0 Å². The maximum Gasteiger partial charge on any atom is 0.407 e. The molecule has 1 amide bonds. The third kappa shape index (κ3) is 4.23. The van der Waals surface area contributed by atoms with Crippen LogP contribution in [0, 0.1) is 0 Å². The lowest BCUT2D eigenvalue weighted by Crippen LogP contribution is -2.47. The van der Waals surface area contributed by atoms with E-state index in [1.54, 1.807) is 0 Å². The van der Waals surface area contributed by atoms with E-state index < -0.39 is 6.09 Å². The van der Waals surface area contributed by atoms with E-state index in [9.17, 15) is 4.79 Å². The SMILES string of the molecule is O=C(O)N1CCN(Cc2cccc(Oc3ccccc3)c2)CC1. The Morgan fingerprint density at radius 2 is 1.65 bits per heavy atom. The minimum atomic E-state index is -0.831. The molecule has 2 aromatic rings. The Morgan fingerprint density at radius 1 is 0.957 bits per heavy atom. The number of carbonyl (C=O) groups is 1. The number of rotatable bonds is 4. The molecule has 0 spiro atoms. The molecule has 1 saturated heterocycles. The summed E-state index contributed by atoms with van der Waals surface area (Å²) < 4.78 is 5.85. The third-order valence-electron chi connectivity index (χ3n) is 3.93. The number of ether oxygens (including phenoxy) is 1. The lowest BCUT2D eigenvalue weighted by atomic mass is 10.2. The van der Waals surface area contributed by atoms with Crippen molar-refractivity contribution < 1.29 is 14.6 Å². The highest BCUT2D eigenvalue weighted by atomic mass is 16.5. The van der Waals surface area contributed by atoms with Gasteiger partial charge in [0, 0.05) is 32.7 Å². The number of hydrogen-bond donors (Lipinski definition) is 1. The first-order chi connectivity index (χ1) is 11.2. The van der Waals surface area contributed by atoms with Crippen molar-refractivity contribution in [1.82, 2.24) is 9.80 Å². The van der Waals surface area contributed by atoms with Gasteiger partial charge in [-0.1, -0.05) is 30.3 Å². The number of benzene rings is 2. The Balaban J connectivity index is 1.59. The summed E-state index contributed by atoms with van der Waals surface area (Å²) in [4.78, 5) is 14.7. The fraction of sp³-hybridized carbons (Fsp3) is 0.278. The van der Waals surface area contributed by atoms with E-state index in [4.69, 9.17) is 9.84 Å². The second kappa shape index (κ2) is 7.15.